The minimum absolute atomic E-state index is 0.0195. The van der Waals surface area contributed by atoms with Crippen molar-refractivity contribution in [2.24, 2.45) is 34.6 Å². The summed E-state index contributed by atoms with van der Waals surface area (Å²) in [6.07, 6.45) is 8.86. The molecule has 3 aliphatic carbocycles. The van der Waals surface area contributed by atoms with Crippen LogP contribution in [-0.2, 0) is 34.9 Å². The second-order valence-electron chi connectivity index (χ2n) is 20.4. The number of hydrogen-bond donors (Lipinski definition) is 3. The van der Waals surface area contributed by atoms with Crippen LogP contribution in [-0.4, -0.2) is 102 Å². The Balaban J connectivity index is 0.936. The first-order chi connectivity index (χ1) is 30.0. The van der Waals surface area contributed by atoms with Crippen molar-refractivity contribution in [2.45, 2.75) is 167 Å². The average Bonchev–Trinajstić information content (AvgIpc) is 4.02. The number of ketones is 2. The first kappa shape index (κ1) is 47.1. The fourth-order valence-corrected chi connectivity index (χ4v) is 11.5. The summed E-state index contributed by atoms with van der Waals surface area (Å²) in [6.45, 7) is 13.8. The van der Waals surface area contributed by atoms with Gasteiger partial charge in [-0.25, -0.2) is 0 Å². The van der Waals surface area contributed by atoms with E-state index in [1.54, 1.807) is 28.9 Å². The van der Waals surface area contributed by atoms with E-state index in [0.717, 1.165) is 49.7 Å². The Kier molecular flexibility index (Phi) is 14.7. The molecular weight excluding hydrogens is 793 g/mol. The predicted molar refractivity (Wildman–Crippen MR) is 245 cm³/mol. The van der Waals surface area contributed by atoms with E-state index in [0.29, 0.717) is 62.6 Å². The first-order valence-electron chi connectivity index (χ1n) is 24.0. The number of likely N-dealkylation sites (tertiary alicyclic amines) is 2. The highest BCUT2D eigenvalue weighted by Crippen LogP contribution is 2.66. The molecule has 2 aromatic rings. The van der Waals surface area contributed by atoms with Crippen LogP contribution in [0.2, 0.25) is 5.82 Å². The summed E-state index contributed by atoms with van der Waals surface area (Å²) >= 11 is 0. The summed E-state index contributed by atoms with van der Waals surface area (Å²) in [7, 11) is -0.492. The molecular formula is C50H72BN5O7. The zero-order chi connectivity index (χ0) is 45.2. The molecule has 12 nitrogen and oxygen atoms in total. The van der Waals surface area contributed by atoms with Gasteiger partial charge in [0, 0.05) is 43.5 Å². The van der Waals surface area contributed by atoms with Crippen molar-refractivity contribution in [1.82, 2.24) is 15.1 Å². The highest BCUT2D eigenvalue weighted by Gasteiger charge is 2.68. The number of nitrogens with two attached hydrogens (primary N) is 2. The lowest BCUT2D eigenvalue weighted by Gasteiger charge is -2.64. The molecule has 0 spiro atoms. The van der Waals surface area contributed by atoms with E-state index in [-0.39, 0.29) is 77.7 Å². The molecule has 2 aromatic carbocycles. The zero-order valence-electron chi connectivity index (χ0n) is 38.6. The molecule has 3 heterocycles. The summed E-state index contributed by atoms with van der Waals surface area (Å²) in [5, 5.41) is 2.99. The van der Waals surface area contributed by atoms with Gasteiger partial charge in [-0.1, -0.05) is 77.4 Å². The lowest BCUT2D eigenvalue weighted by molar-refractivity contribution is -0.199. The second kappa shape index (κ2) is 19.7. The van der Waals surface area contributed by atoms with E-state index < -0.39 is 31.2 Å². The molecule has 8 rings (SSSR count). The third-order valence-corrected chi connectivity index (χ3v) is 15.6. The Morgan fingerprint density at radius 3 is 2.25 bits per heavy atom. The topological polar surface area (TPSA) is 174 Å². The van der Waals surface area contributed by atoms with Crippen molar-refractivity contribution >= 4 is 36.4 Å². The quantitative estimate of drug-likeness (QED) is 0.105. The number of benzene rings is 2. The van der Waals surface area contributed by atoms with Crippen molar-refractivity contribution in [3.8, 4) is 11.1 Å². The lowest BCUT2D eigenvalue weighted by Crippen LogP contribution is -2.65. The van der Waals surface area contributed by atoms with Gasteiger partial charge in [0.25, 0.3) is 5.91 Å². The van der Waals surface area contributed by atoms with Crippen molar-refractivity contribution in [1.29, 1.82) is 0 Å². The highest BCUT2D eigenvalue weighted by atomic mass is 16.7. The normalized spacial score (nSPS) is 28.5. The van der Waals surface area contributed by atoms with Crippen LogP contribution in [0, 0.1) is 23.2 Å². The van der Waals surface area contributed by atoms with Gasteiger partial charge >= 0.3 is 7.12 Å². The number of amides is 3. The standard InChI is InChI=1S/C50H72BN5O7/c1-7-8-12-33-15-17-34(18-16-33)35-19-21-36(22-20-35)47(60)56-30-38(53)29-41(56)48(61)55-24-11-14-40(55)43(58)25-31(2)46(59)54-39(13-9-10-23-52)42(57)26-32(3)51-62-45-28-37-27-44(49(37,4)5)50(45,6)63-51/h15-22,31-32,37-41,44-45H,7-14,23-30,52-53H2,1-6H3,(H,54,59)/t31-,32-,37+,38+,39+,40+,41+,44+,45?,50+/m1/s1. The smallest absolute Gasteiger partial charge is 0.405 e. The Morgan fingerprint density at radius 2 is 1.59 bits per heavy atom. The van der Waals surface area contributed by atoms with Gasteiger partial charge in [-0.05, 0) is 130 Å². The van der Waals surface area contributed by atoms with Crippen LogP contribution >= 0.6 is 0 Å². The van der Waals surface area contributed by atoms with Gasteiger partial charge in [0.1, 0.15) is 6.04 Å². The molecule has 1 unspecified atom stereocenters. The van der Waals surface area contributed by atoms with Crippen LogP contribution in [0.25, 0.3) is 11.1 Å². The number of hydrogen-bond acceptors (Lipinski definition) is 9. The minimum atomic E-state index is -0.788. The SMILES string of the molecule is CCCCc1ccc(-c2ccc(C(=O)N3C[C@@H](N)C[C@H]3C(=O)N3CCC[C@H]3C(=O)C[C@@H](C)C(=O)N[C@@H](CCCCN)C(=O)C[C@@H](C)B3OC4C[C@@H]5C[C@@H](C5(C)C)[C@]4(C)O3)cc2)cc1. The molecule has 6 fully saturated rings. The monoisotopic (exact) mass is 866 g/mol. The molecule has 3 saturated carbocycles. The largest absolute Gasteiger partial charge is 0.461 e. The van der Waals surface area contributed by atoms with E-state index in [1.807, 2.05) is 19.1 Å². The molecule has 2 bridgehead atoms. The van der Waals surface area contributed by atoms with Crippen molar-refractivity contribution in [2.75, 3.05) is 19.6 Å². The molecule has 5 N–H and O–H groups in total. The van der Waals surface area contributed by atoms with Crippen molar-refractivity contribution in [3.05, 3.63) is 59.7 Å². The zero-order valence-corrected chi connectivity index (χ0v) is 38.6. The molecule has 63 heavy (non-hydrogen) atoms. The first-order valence-corrected chi connectivity index (χ1v) is 24.0. The van der Waals surface area contributed by atoms with Gasteiger partial charge in [-0.15, -0.1) is 0 Å². The summed E-state index contributed by atoms with van der Waals surface area (Å²) in [5.41, 5.74) is 15.9. The number of rotatable bonds is 19. The van der Waals surface area contributed by atoms with Crippen LogP contribution in [0.3, 0.4) is 0 Å². The molecule has 3 saturated heterocycles. The van der Waals surface area contributed by atoms with Crippen molar-refractivity contribution in [3.63, 3.8) is 0 Å². The fourth-order valence-electron chi connectivity index (χ4n) is 11.5. The number of nitrogens with zero attached hydrogens (tertiary/aromatic N) is 2. The van der Waals surface area contributed by atoms with Gasteiger partial charge < -0.3 is 35.9 Å². The number of Topliss-reactive ketones (excluding diaryl/α,β-unsaturated/α-hetero) is 2. The maximum absolute atomic E-state index is 14.3. The summed E-state index contributed by atoms with van der Waals surface area (Å²) < 4.78 is 13.1. The molecule has 10 atom stereocenters. The Bertz CT molecular complexity index is 1980. The molecule has 13 heteroatoms. The molecule has 0 radical (unpaired) electrons. The van der Waals surface area contributed by atoms with E-state index >= 15 is 0 Å². The molecule has 342 valence electrons. The van der Waals surface area contributed by atoms with Gasteiger partial charge in [0.15, 0.2) is 11.6 Å². The summed E-state index contributed by atoms with van der Waals surface area (Å²) in [5.74, 6) is -1.11. The molecule has 6 aliphatic rings. The highest BCUT2D eigenvalue weighted by molar-refractivity contribution is 6.47. The third-order valence-electron chi connectivity index (χ3n) is 15.6. The molecule has 3 aliphatic heterocycles. The number of aryl methyl sites for hydroxylation is 1. The van der Waals surface area contributed by atoms with Crippen LogP contribution in [0.15, 0.2) is 48.5 Å². The van der Waals surface area contributed by atoms with Crippen LogP contribution in [0.4, 0.5) is 0 Å². The molecule has 3 amide bonds. The van der Waals surface area contributed by atoms with Gasteiger partial charge in [0.2, 0.25) is 11.8 Å². The van der Waals surface area contributed by atoms with Crippen LogP contribution < -0.4 is 16.8 Å². The van der Waals surface area contributed by atoms with Crippen LogP contribution in [0.5, 0.6) is 0 Å². The third kappa shape index (κ3) is 9.87. The second-order valence-corrected chi connectivity index (χ2v) is 20.4. The number of carbonyl (C=O) groups excluding carboxylic acids is 5. The minimum Gasteiger partial charge on any atom is -0.405 e. The maximum atomic E-state index is 14.3. The summed E-state index contributed by atoms with van der Waals surface area (Å²) in [4.78, 5) is 72.9. The summed E-state index contributed by atoms with van der Waals surface area (Å²) in [6, 6.07) is 13.4. The Labute approximate surface area is 375 Å². The Hall–Kier alpha value is -3.91. The number of unbranched alkanes of at least 4 members (excludes halogenated alkanes) is 2. The van der Waals surface area contributed by atoms with Crippen molar-refractivity contribution < 1.29 is 33.3 Å². The van der Waals surface area contributed by atoms with E-state index in [1.165, 1.54) is 5.56 Å². The maximum Gasteiger partial charge on any atom is 0.461 e. The lowest BCUT2D eigenvalue weighted by atomic mass is 9.43. The number of carbonyl (C=O) groups is 5. The fraction of sp³-hybridized carbons (Fsp3) is 0.660. The van der Waals surface area contributed by atoms with E-state index in [4.69, 9.17) is 20.8 Å². The predicted octanol–water partition coefficient (Wildman–Crippen LogP) is 6.52. The van der Waals surface area contributed by atoms with E-state index in [9.17, 15) is 24.0 Å². The van der Waals surface area contributed by atoms with Gasteiger partial charge in [0.05, 0.1) is 23.8 Å². The average molecular weight is 866 g/mol. The van der Waals surface area contributed by atoms with Gasteiger partial charge in [-0.2, -0.15) is 0 Å². The van der Waals surface area contributed by atoms with E-state index in [2.05, 4.69) is 57.3 Å². The van der Waals surface area contributed by atoms with Gasteiger partial charge in [-0.3, -0.25) is 24.0 Å². The molecule has 0 aromatic heterocycles. The Morgan fingerprint density at radius 1 is 0.889 bits per heavy atom. The number of nitrogens with one attached hydrogen (secondary N) is 1. The van der Waals surface area contributed by atoms with Crippen LogP contribution in [0.1, 0.15) is 135 Å².